The van der Waals surface area contributed by atoms with Gasteiger partial charge in [-0.2, -0.15) is 0 Å². The molecule has 0 radical (unpaired) electrons. The Bertz CT molecular complexity index is 631. The van der Waals surface area contributed by atoms with Crippen LogP contribution in [0.15, 0.2) is 23.2 Å². The standard InChI is InChI=1S/C21H34N4O2/c1-4-22-21(24-16-18-10-11-19(27-3)17(2)15-18)23-12-8-14-25-13-7-5-6-9-20(25)26/h10-11,15H,4-9,12-14,16H2,1-3H3,(H2,22,23,24). The van der Waals surface area contributed by atoms with E-state index in [4.69, 9.17) is 4.74 Å². The number of benzene rings is 1. The molecule has 2 rings (SSSR count). The lowest BCUT2D eigenvalue weighted by atomic mass is 10.1. The van der Waals surface area contributed by atoms with Crippen LogP contribution in [0.3, 0.4) is 0 Å². The second kappa shape index (κ2) is 11.5. The van der Waals surface area contributed by atoms with Gasteiger partial charge < -0.3 is 20.3 Å². The first kappa shape index (κ1) is 21.1. The van der Waals surface area contributed by atoms with Gasteiger partial charge in [0.2, 0.25) is 5.91 Å². The van der Waals surface area contributed by atoms with Gasteiger partial charge in [0.25, 0.3) is 0 Å². The van der Waals surface area contributed by atoms with Crippen LogP contribution in [-0.4, -0.2) is 50.1 Å². The third kappa shape index (κ3) is 7.12. The molecule has 27 heavy (non-hydrogen) atoms. The van der Waals surface area contributed by atoms with E-state index < -0.39 is 0 Å². The van der Waals surface area contributed by atoms with E-state index in [-0.39, 0.29) is 0 Å². The summed E-state index contributed by atoms with van der Waals surface area (Å²) in [5, 5.41) is 6.66. The number of rotatable bonds is 8. The van der Waals surface area contributed by atoms with Crippen molar-refractivity contribution in [3.05, 3.63) is 29.3 Å². The quantitative estimate of drug-likeness (QED) is 0.417. The van der Waals surface area contributed by atoms with Gasteiger partial charge in [0.05, 0.1) is 13.7 Å². The van der Waals surface area contributed by atoms with Crippen LogP contribution in [0.2, 0.25) is 0 Å². The predicted octanol–water partition coefficient (Wildman–Crippen LogP) is 2.85. The number of methoxy groups -OCH3 is 1. The van der Waals surface area contributed by atoms with Crippen LogP contribution in [0.1, 0.15) is 50.2 Å². The topological polar surface area (TPSA) is 66.0 Å². The molecule has 0 saturated carbocycles. The molecule has 0 unspecified atom stereocenters. The summed E-state index contributed by atoms with van der Waals surface area (Å²) in [6.45, 7) is 8.07. The van der Waals surface area contributed by atoms with E-state index in [1.165, 1.54) is 6.42 Å². The Hall–Kier alpha value is -2.24. The maximum atomic E-state index is 12.0. The Morgan fingerprint density at radius 2 is 2.11 bits per heavy atom. The van der Waals surface area contributed by atoms with Gasteiger partial charge in [-0.1, -0.05) is 18.6 Å². The number of carbonyl (C=O) groups is 1. The largest absolute Gasteiger partial charge is 0.496 e. The zero-order valence-electron chi connectivity index (χ0n) is 17.0. The number of hydrogen-bond donors (Lipinski definition) is 2. The minimum absolute atomic E-state index is 0.308. The van der Waals surface area contributed by atoms with Crippen molar-refractivity contribution in [2.24, 2.45) is 4.99 Å². The van der Waals surface area contributed by atoms with Crippen molar-refractivity contribution in [2.75, 3.05) is 33.3 Å². The summed E-state index contributed by atoms with van der Waals surface area (Å²) in [7, 11) is 1.69. The summed E-state index contributed by atoms with van der Waals surface area (Å²) in [6.07, 6.45) is 4.97. The Morgan fingerprint density at radius 3 is 2.85 bits per heavy atom. The number of nitrogens with one attached hydrogen (secondary N) is 2. The number of nitrogens with zero attached hydrogens (tertiary/aromatic N) is 2. The molecule has 0 aliphatic carbocycles. The van der Waals surface area contributed by atoms with Gasteiger partial charge in [0.1, 0.15) is 5.75 Å². The van der Waals surface area contributed by atoms with Crippen LogP contribution in [0.4, 0.5) is 0 Å². The monoisotopic (exact) mass is 374 g/mol. The van der Waals surface area contributed by atoms with Crippen molar-refractivity contribution >= 4 is 11.9 Å². The lowest BCUT2D eigenvalue weighted by Crippen LogP contribution is -2.39. The number of ether oxygens (including phenoxy) is 1. The lowest BCUT2D eigenvalue weighted by molar-refractivity contribution is -0.130. The fourth-order valence-corrected chi connectivity index (χ4v) is 3.30. The van der Waals surface area contributed by atoms with Crippen LogP contribution in [-0.2, 0) is 11.3 Å². The highest BCUT2D eigenvalue weighted by molar-refractivity contribution is 5.79. The maximum Gasteiger partial charge on any atom is 0.222 e. The molecule has 0 aromatic heterocycles. The third-order valence-electron chi connectivity index (χ3n) is 4.79. The van der Waals surface area contributed by atoms with Gasteiger partial charge in [0, 0.05) is 32.6 Å². The van der Waals surface area contributed by atoms with Crippen molar-refractivity contribution < 1.29 is 9.53 Å². The highest BCUT2D eigenvalue weighted by Gasteiger charge is 2.15. The van der Waals surface area contributed by atoms with E-state index in [2.05, 4.69) is 28.6 Å². The van der Waals surface area contributed by atoms with Gasteiger partial charge in [-0.25, -0.2) is 4.99 Å². The average molecular weight is 375 g/mol. The van der Waals surface area contributed by atoms with Crippen LogP contribution >= 0.6 is 0 Å². The zero-order valence-corrected chi connectivity index (χ0v) is 17.0. The van der Waals surface area contributed by atoms with E-state index in [0.29, 0.717) is 18.9 Å². The summed E-state index contributed by atoms with van der Waals surface area (Å²) in [5.74, 6) is 2.02. The fourth-order valence-electron chi connectivity index (χ4n) is 3.30. The molecule has 150 valence electrons. The van der Waals surface area contributed by atoms with Crippen LogP contribution in [0.5, 0.6) is 5.75 Å². The van der Waals surface area contributed by atoms with Crippen molar-refractivity contribution in [3.63, 3.8) is 0 Å². The van der Waals surface area contributed by atoms with Crippen molar-refractivity contribution in [3.8, 4) is 5.75 Å². The fraction of sp³-hybridized carbons (Fsp3) is 0.619. The SMILES string of the molecule is CCNC(=NCc1ccc(OC)c(C)c1)NCCCN1CCCCCC1=O. The van der Waals surface area contributed by atoms with Gasteiger partial charge in [-0.3, -0.25) is 4.79 Å². The van der Waals surface area contributed by atoms with Crippen molar-refractivity contribution in [1.29, 1.82) is 0 Å². The zero-order chi connectivity index (χ0) is 19.5. The molecule has 1 heterocycles. The molecule has 1 aliphatic heterocycles. The smallest absolute Gasteiger partial charge is 0.222 e. The molecule has 1 aliphatic rings. The molecule has 1 fully saturated rings. The number of likely N-dealkylation sites (tertiary alicyclic amines) is 1. The number of amides is 1. The molecule has 6 heteroatoms. The minimum Gasteiger partial charge on any atom is -0.496 e. The Kier molecular flexibility index (Phi) is 8.95. The molecular formula is C21H34N4O2. The molecule has 1 saturated heterocycles. The second-order valence-electron chi connectivity index (χ2n) is 6.97. The van der Waals surface area contributed by atoms with Gasteiger partial charge in [-0.05, 0) is 50.3 Å². The molecule has 1 amide bonds. The lowest BCUT2D eigenvalue weighted by Gasteiger charge is -2.20. The Morgan fingerprint density at radius 1 is 1.26 bits per heavy atom. The van der Waals surface area contributed by atoms with E-state index in [1.807, 2.05) is 24.0 Å². The number of hydrogen-bond acceptors (Lipinski definition) is 3. The first-order chi connectivity index (χ1) is 13.1. The number of guanidine groups is 1. The minimum atomic E-state index is 0.308. The number of aryl methyl sites for hydroxylation is 1. The molecule has 2 N–H and O–H groups in total. The van der Waals surface area contributed by atoms with Crippen LogP contribution < -0.4 is 15.4 Å². The first-order valence-electron chi connectivity index (χ1n) is 10.1. The first-order valence-corrected chi connectivity index (χ1v) is 10.1. The molecule has 1 aromatic carbocycles. The van der Waals surface area contributed by atoms with E-state index in [0.717, 1.165) is 68.3 Å². The molecular weight excluding hydrogens is 340 g/mol. The molecule has 0 atom stereocenters. The Labute approximate surface area is 163 Å². The number of aliphatic imine (C=N–C) groups is 1. The predicted molar refractivity (Wildman–Crippen MR) is 110 cm³/mol. The van der Waals surface area contributed by atoms with Gasteiger partial charge >= 0.3 is 0 Å². The highest BCUT2D eigenvalue weighted by Crippen LogP contribution is 2.18. The number of carbonyl (C=O) groups excluding carboxylic acids is 1. The summed E-state index contributed by atoms with van der Waals surface area (Å²) >= 11 is 0. The summed E-state index contributed by atoms with van der Waals surface area (Å²) in [4.78, 5) is 18.7. The third-order valence-corrected chi connectivity index (χ3v) is 4.79. The van der Waals surface area contributed by atoms with Crippen LogP contribution in [0.25, 0.3) is 0 Å². The van der Waals surface area contributed by atoms with Crippen molar-refractivity contribution in [1.82, 2.24) is 15.5 Å². The van der Waals surface area contributed by atoms with E-state index in [1.54, 1.807) is 7.11 Å². The summed E-state index contributed by atoms with van der Waals surface area (Å²) in [5.41, 5.74) is 2.27. The maximum absolute atomic E-state index is 12.0. The Balaban J connectivity index is 1.81. The molecule has 0 spiro atoms. The molecule has 1 aromatic rings. The average Bonchev–Trinajstić information content (AvgIpc) is 2.87. The highest BCUT2D eigenvalue weighted by atomic mass is 16.5. The summed E-state index contributed by atoms with van der Waals surface area (Å²) in [6, 6.07) is 6.14. The molecule has 0 bridgehead atoms. The van der Waals surface area contributed by atoms with Gasteiger partial charge in [0.15, 0.2) is 5.96 Å². The van der Waals surface area contributed by atoms with Crippen LogP contribution in [0, 0.1) is 6.92 Å². The van der Waals surface area contributed by atoms with E-state index in [9.17, 15) is 4.79 Å². The van der Waals surface area contributed by atoms with Crippen molar-refractivity contribution in [2.45, 2.75) is 52.5 Å². The normalized spacial score (nSPS) is 15.4. The second-order valence-corrected chi connectivity index (χ2v) is 6.97. The van der Waals surface area contributed by atoms with E-state index >= 15 is 0 Å². The molecule has 6 nitrogen and oxygen atoms in total. The summed E-state index contributed by atoms with van der Waals surface area (Å²) < 4.78 is 5.31. The van der Waals surface area contributed by atoms with Gasteiger partial charge in [-0.15, -0.1) is 0 Å².